The lowest BCUT2D eigenvalue weighted by Crippen LogP contribution is -2.47. The van der Waals surface area contributed by atoms with E-state index in [-0.39, 0.29) is 11.8 Å². The van der Waals surface area contributed by atoms with Crippen molar-refractivity contribution in [2.45, 2.75) is 33.2 Å². The van der Waals surface area contributed by atoms with Crippen LogP contribution < -0.4 is 14.8 Å². The molecule has 0 spiro atoms. The summed E-state index contributed by atoms with van der Waals surface area (Å²) in [5, 5.41) is 3.93. The van der Waals surface area contributed by atoms with E-state index in [1.807, 2.05) is 24.0 Å². The van der Waals surface area contributed by atoms with E-state index in [1.54, 1.807) is 21.1 Å². The number of methoxy groups -OCH3 is 2. The van der Waals surface area contributed by atoms with E-state index in [4.69, 9.17) is 21.7 Å². The second-order valence-electron chi connectivity index (χ2n) is 5.79. The molecule has 0 saturated carbocycles. The van der Waals surface area contributed by atoms with Gasteiger partial charge in [-0.1, -0.05) is 13.0 Å². The van der Waals surface area contributed by atoms with E-state index < -0.39 is 0 Å². The van der Waals surface area contributed by atoms with Gasteiger partial charge < -0.3 is 19.7 Å². The van der Waals surface area contributed by atoms with E-state index in [0.29, 0.717) is 22.2 Å². The molecule has 136 valence electrons. The van der Waals surface area contributed by atoms with Gasteiger partial charge in [0, 0.05) is 17.8 Å². The number of ketones is 1. The van der Waals surface area contributed by atoms with Crippen LogP contribution in [-0.4, -0.2) is 36.6 Å². The molecule has 0 bridgehead atoms. The number of benzene rings is 1. The second kappa shape index (κ2) is 8.19. The molecule has 1 aromatic rings. The molecule has 0 saturated heterocycles. The minimum absolute atomic E-state index is 0.0142. The third-order valence-corrected chi connectivity index (χ3v) is 5.40. The Morgan fingerprint density at radius 1 is 1.36 bits per heavy atom. The highest BCUT2D eigenvalue weighted by molar-refractivity contribution is 9.10. The largest absolute Gasteiger partial charge is 0.493 e. The molecule has 7 heteroatoms. The van der Waals surface area contributed by atoms with Gasteiger partial charge in [-0.3, -0.25) is 4.79 Å². The van der Waals surface area contributed by atoms with Gasteiger partial charge in [-0.15, -0.1) is 0 Å². The lowest BCUT2D eigenvalue weighted by Gasteiger charge is -2.38. The monoisotopic (exact) mass is 426 g/mol. The number of allylic oxidation sites excluding steroid dienone is 1. The highest BCUT2D eigenvalue weighted by atomic mass is 79.9. The number of thiocarbonyl (C=S) groups is 1. The van der Waals surface area contributed by atoms with Crippen LogP contribution in [0, 0.1) is 0 Å². The van der Waals surface area contributed by atoms with Crippen molar-refractivity contribution in [3.8, 4) is 11.5 Å². The fourth-order valence-electron chi connectivity index (χ4n) is 3.09. The molecule has 0 radical (unpaired) electrons. The number of ether oxygens (including phenoxy) is 2. The summed E-state index contributed by atoms with van der Waals surface area (Å²) in [7, 11) is 3.17. The molecule has 1 aliphatic rings. The lowest BCUT2D eigenvalue weighted by molar-refractivity contribution is -0.114. The van der Waals surface area contributed by atoms with Crippen LogP contribution in [-0.2, 0) is 4.79 Å². The Balaban J connectivity index is 2.62. The number of rotatable bonds is 6. The zero-order chi connectivity index (χ0) is 18.7. The Kier molecular flexibility index (Phi) is 6.46. The molecule has 1 heterocycles. The van der Waals surface area contributed by atoms with Gasteiger partial charge in [0.25, 0.3) is 0 Å². The van der Waals surface area contributed by atoms with Crippen molar-refractivity contribution in [3.63, 3.8) is 0 Å². The summed E-state index contributed by atoms with van der Waals surface area (Å²) in [6.07, 6.45) is 0.940. The van der Waals surface area contributed by atoms with E-state index in [1.165, 1.54) is 0 Å². The van der Waals surface area contributed by atoms with Gasteiger partial charge in [0.15, 0.2) is 22.4 Å². The molecule has 1 unspecified atom stereocenters. The highest BCUT2D eigenvalue weighted by Crippen LogP contribution is 2.43. The van der Waals surface area contributed by atoms with Crippen molar-refractivity contribution in [3.05, 3.63) is 33.4 Å². The maximum atomic E-state index is 12.4. The summed E-state index contributed by atoms with van der Waals surface area (Å²) in [4.78, 5) is 14.4. The maximum Gasteiger partial charge on any atom is 0.175 e. The smallest absolute Gasteiger partial charge is 0.175 e. The molecule has 1 atom stereocenters. The predicted octanol–water partition coefficient (Wildman–Crippen LogP) is 3.97. The zero-order valence-electron chi connectivity index (χ0n) is 15.1. The molecule has 0 fully saturated rings. The number of nitrogens with zero attached hydrogens (tertiary/aromatic N) is 1. The highest BCUT2D eigenvalue weighted by Gasteiger charge is 2.33. The third kappa shape index (κ3) is 3.67. The molecular formula is C18H23BrN2O3S. The number of halogens is 1. The zero-order valence-corrected chi connectivity index (χ0v) is 17.5. The van der Waals surface area contributed by atoms with E-state index in [9.17, 15) is 4.79 Å². The topological polar surface area (TPSA) is 50.8 Å². The molecule has 0 aromatic heterocycles. The Bertz CT molecular complexity index is 733. The Morgan fingerprint density at radius 2 is 2.04 bits per heavy atom. The molecule has 1 N–H and O–H groups in total. The first-order valence-electron chi connectivity index (χ1n) is 8.07. The van der Waals surface area contributed by atoms with Gasteiger partial charge in [-0.05, 0) is 60.0 Å². The van der Waals surface area contributed by atoms with Crippen LogP contribution in [0.15, 0.2) is 27.9 Å². The molecule has 2 rings (SSSR count). The summed E-state index contributed by atoms with van der Waals surface area (Å²) in [5.74, 6) is 1.22. The number of hydrogen-bond donors (Lipinski definition) is 1. The van der Waals surface area contributed by atoms with Crippen molar-refractivity contribution >= 4 is 39.0 Å². The van der Waals surface area contributed by atoms with Crippen LogP contribution in [0.5, 0.6) is 11.5 Å². The number of hydrogen-bond acceptors (Lipinski definition) is 4. The summed E-state index contributed by atoms with van der Waals surface area (Å²) in [5.41, 5.74) is 2.47. The molecule has 0 aliphatic carbocycles. The fraction of sp³-hybridized carbons (Fsp3) is 0.444. The average Bonchev–Trinajstić information content (AvgIpc) is 2.57. The first kappa shape index (κ1) is 19.7. The van der Waals surface area contributed by atoms with Gasteiger partial charge in [-0.25, -0.2) is 0 Å². The van der Waals surface area contributed by atoms with Crippen LogP contribution in [0.2, 0.25) is 0 Å². The lowest BCUT2D eigenvalue weighted by atomic mass is 9.92. The number of nitrogens with one attached hydrogen (secondary N) is 1. The van der Waals surface area contributed by atoms with Gasteiger partial charge in [-0.2, -0.15) is 0 Å². The van der Waals surface area contributed by atoms with Crippen LogP contribution in [0.25, 0.3) is 0 Å². The molecule has 5 nitrogen and oxygen atoms in total. The van der Waals surface area contributed by atoms with E-state index >= 15 is 0 Å². The first-order valence-corrected chi connectivity index (χ1v) is 9.27. The van der Waals surface area contributed by atoms with Crippen LogP contribution in [0.4, 0.5) is 0 Å². The van der Waals surface area contributed by atoms with Gasteiger partial charge in [0.1, 0.15) is 0 Å². The van der Waals surface area contributed by atoms with Gasteiger partial charge >= 0.3 is 0 Å². The van der Waals surface area contributed by atoms with Crippen LogP contribution in [0.3, 0.4) is 0 Å². The molecule has 0 amide bonds. The molecule has 25 heavy (non-hydrogen) atoms. The van der Waals surface area contributed by atoms with Crippen molar-refractivity contribution < 1.29 is 14.3 Å². The van der Waals surface area contributed by atoms with E-state index in [0.717, 1.165) is 28.7 Å². The second-order valence-corrected chi connectivity index (χ2v) is 6.97. The molecular weight excluding hydrogens is 404 g/mol. The van der Waals surface area contributed by atoms with Crippen LogP contribution in [0.1, 0.15) is 38.8 Å². The minimum atomic E-state index is -0.340. The summed E-state index contributed by atoms with van der Waals surface area (Å²) in [6.45, 7) is 6.39. The summed E-state index contributed by atoms with van der Waals surface area (Å²) in [6, 6.07) is 3.40. The first-order chi connectivity index (χ1) is 11.9. The Morgan fingerprint density at radius 3 is 2.56 bits per heavy atom. The minimum Gasteiger partial charge on any atom is -0.493 e. The van der Waals surface area contributed by atoms with Crippen molar-refractivity contribution in [2.75, 3.05) is 20.8 Å². The van der Waals surface area contributed by atoms with Crippen LogP contribution >= 0.6 is 28.1 Å². The van der Waals surface area contributed by atoms with Gasteiger partial charge in [0.2, 0.25) is 0 Å². The predicted molar refractivity (Wildman–Crippen MR) is 106 cm³/mol. The maximum absolute atomic E-state index is 12.4. The number of Topliss-reactive ketones (excluding diaryl/α,β-unsaturated/α-hetero) is 1. The molecule has 1 aromatic carbocycles. The Labute approximate surface area is 162 Å². The fourth-order valence-corrected chi connectivity index (χ4v) is 4.16. The summed E-state index contributed by atoms with van der Waals surface area (Å²) >= 11 is 9.13. The van der Waals surface area contributed by atoms with Crippen molar-refractivity contribution in [1.82, 2.24) is 10.2 Å². The summed E-state index contributed by atoms with van der Waals surface area (Å²) < 4.78 is 11.5. The Hall–Kier alpha value is -1.60. The van der Waals surface area contributed by atoms with Crippen molar-refractivity contribution in [2.24, 2.45) is 0 Å². The van der Waals surface area contributed by atoms with E-state index in [2.05, 4.69) is 28.2 Å². The van der Waals surface area contributed by atoms with Gasteiger partial charge in [0.05, 0.1) is 24.7 Å². The number of carbonyl (C=O) groups excluding carboxylic acids is 1. The molecule has 1 aliphatic heterocycles. The number of carbonyl (C=O) groups is 1. The SMILES string of the molecule is CCCN1C(=S)NC(c2ccc(OC)c(OC)c2Br)C(C(C)=O)=C1C. The third-order valence-electron chi connectivity index (χ3n) is 4.25. The standard InChI is InChI=1S/C18H23BrN2O3S/c1-6-9-21-10(2)14(11(3)22)16(20-18(21)25)12-7-8-13(23-4)17(24-5)15(12)19/h7-8,16H,6,9H2,1-5H3,(H,20,25). The normalized spacial score (nSPS) is 17.4. The van der Waals surface area contributed by atoms with Crippen molar-refractivity contribution in [1.29, 1.82) is 0 Å². The average molecular weight is 427 g/mol. The quantitative estimate of drug-likeness (QED) is 0.694.